The molecule has 0 aromatic heterocycles. The third-order valence-electron chi connectivity index (χ3n) is 1.43. The summed E-state index contributed by atoms with van der Waals surface area (Å²) < 4.78 is 0. The molecule has 0 atom stereocenters. The summed E-state index contributed by atoms with van der Waals surface area (Å²) in [5.41, 5.74) is -0.842. The Labute approximate surface area is 93.5 Å². The topological polar surface area (TPSA) is 60.2 Å². The number of rotatable bonds is 2. The molecule has 4 nitrogen and oxygen atoms in total. The van der Waals surface area contributed by atoms with Crippen molar-refractivity contribution in [3.63, 3.8) is 0 Å². The van der Waals surface area contributed by atoms with E-state index in [-0.39, 0.29) is 15.6 Å². The molecule has 0 amide bonds. The van der Waals surface area contributed by atoms with E-state index >= 15 is 0 Å². The SMILES string of the molecule is O=C(Cl)c1c(Cl)cc(Cl)cc1[N+](=O)[O-]. The highest BCUT2D eigenvalue weighted by Crippen LogP contribution is 2.31. The minimum absolute atomic E-state index is 0.0726. The summed E-state index contributed by atoms with van der Waals surface area (Å²) in [5.74, 6) is 0. The van der Waals surface area contributed by atoms with Gasteiger partial charge in [0.05, 0.1) is 9.95 Å². The van der Waals surface area contributed by atoms with Crippen LogP contribution in [0.25, 0.3) is 0 Å². The van der Waals surface area contributed by atoms with Gasteiger partial charge in [0.15, 0.2) is 0 Å². The van der Waals surface area contributed by atoms with Crippen molar-refractivity contribution in [1.29, 1.82) is 0 Å². The zero-order chi connectivity index (χ0) is 10.9. The van der Waals surface area contributed by atoms with E-state index in [9.17, 15) is 14.9 Å². The average Bonchev–Trinajstić information content (AvgIpc) is 2.01. The Morgan fingerprint density at radius 3 is 2.36 bits per heavy atom. The first kappa shape index (κ1) is 11.2. The van der Waals surface area contributed by atoms with Crippen molar-refractivity contribution in [1.82, 2.24) is 0 Å². The zero-order valence-electron chi connectivity index (χ0n) is 6.46. The molecule has 0 aliphatic carbocycles. The van der Waals surface area contributed by atoms with Crippen molar-refractivity contribution < 1.29 is 9.72 Å². The Kier molecular flexibility index (Phi) is 3.31. The van der Waals surface area contributed by atoms with Crippen LogP contribution in [-0.4, -0.2) is 10.2 Å². The smallest absolute Gasteiger partial charge is 0.275 e. The van der Waals surface area contributed by atoms with Crippen molar-refractivity contribution in [3.05, 3.63) is 37.9 Å². The highest BCUT2D eigenvalue weighted by molar-refractivity contribution is 6.69. The van der Waals surface area contributed by atoms with Crippen LogP contribution in [0.2, 0.25) is 10.0 Å². The molecule has 1 aromatic carbocycles. The largest absolute Gasteiger partial charge is 0.284 e. The number of carbonyl (C=O) groups excluding carboxylic acids is 1. The number of benzene rings is 1. The van der Waals surface area contributed by atoms with Gasteiger partial charge >= 0.3 is 0 Å². The van der Waals surface area contributed by atoms with Gasteiger partial charge in [-0.1, -0.05) is 23.2 Å². The first-order valence-electron chi connectivity index (χ1n) is 3.26. The van der Waals surface area contributed by atoms with Crippen molar-refractivity contribution in [2.75, 3.05) is 0 Å². The maximum Gasteiger partial charge on any atom is 0.284 e. The van der Waals surface area contributed by atoms with Gasteiger partial charge in [-0.2, -0.15) is 0 Å². The van der Waals surface area contributed by atoms with Crippen LogP contribution in [0.1, 0.15) is 10.4 Å². The molecular formula is C7H2Cl3NO3. The number of hydrogen-bond donors (Lipinski definition) is 0. The molecular weight excluding hydrogens is 252 g/mol. The molecule has 0 heterocycles. The maximum absolute atomic E-state index is 10.8. The first-order chi connectivity index (χ1) is 6.43. The summed E-state index contributed by atoms with van der Waals surface area (Å²) in [4.78, 5) is 20.6. The molecule has 1 aromatic rings. The van der Waals surface area contributed by atoms with E-state index in [0.717, 1.165) is 6.07 Å². The monoisotopic (exact) mass is 253 g/mol. The van der Waals surface area contributed by atoms with Crippen LogP contribution in [-0.2, 0) is 0 Å². The quantitative estimate of drug-likeness (QED) is 0.462. The molecule has 0 saturated heterocycles. The van der Waals surface area contributed by atoms with Gasteiger partial charge < -0.3 is 0 Å². The van der Waals surface area contributed by atoms with E-state index in [1.807, 2.05) is 0 Å². The average molecular weight is 254 g/mol. The van der Waals surface area contributed by atoms with Crippen LogP contribution >= 0.6 is 34.8 Å². The van der Waals surface area contributed by atoms with Crippen LogP contribution in [0.5, 0.6) is 0 Å². The van der Waals surface area contributed by atoms with E-state index in [4.69, 9.17) is 34.8 Å². The van der Waals surface area contributed by atoms with Gasteiger partial charge in [0.25, 0.3) is 10.9 Å². The number of hydrogen-bond acceptors (Lipinski definition) is 3. The van der Waals surface area contributed by atoms with Crippen molar-refractivity contribution in [3.8, 4) is 0 Å². The van der Waals surface area contributed by atoms with Gasteiger partial charge in [-0.25, -0.2) is 0 Å². The lowest BCUT2D eigenvalue weighted by atomic mass is 10.2. The molecule has 0 aliphatic heterocycles. The standard InChI is InChI=1S/C7H2Cl3NO3/c8-3-1-4(9)6(7(10)12)5(2-3)11(13)14/h1-2H. The minimum Gasteiger partial charge on any atom is -0.275 e. The Morgan fingerprint density at radius 1 is 1.36 bits per heavy atom. The highest BCUT2D eigenvalue weighted by atomic mass is 35.5. The second-order valence-electron chi connectivity index (χ2n) is 2.31. The molecule has 74 valence electrons. The van der Waals surface area contributed by atoms with Crippen LogP contribution in [0.4, 0.5) is 5.69 Å². The summed E-state index contributed by atoms with van der Waals surface area (Å²) in [6.45, 7) is 0. The lowest BCUT2D eigenvalue weighted by Crippen LogP contribution is -1.99. The highest BCUT2D eigenvalue weighted by Gasteiger charge is 2.23. The third-order valence-corrected chi connectivity index (χ3v) is 2.13. The fraction of sp³-hybridized carbons (Fsp3) is 0. The van der Waals surface area contributed by atoms with Gasteiger partial charge in [-0.05, 0) is 17.7 Å². The van der Waals surface area contributed by atoms with E-state index in [1.54, 1.807) is 0 Å². The first-order valence-corrected chi connectivity index (χ1v) is 4.40. The minimum atomic E-state index is -0.988. The number of nitro benzene ring substituents is 1. The number of nitro groups is 1. The van der Waals surface area contributed by atoms with E-state index in [0.29, 0.717) is 0 Å². The molecule has 0 unspecified atom stereocenters. The Balaban J connectivity index is 3.52. The molecule has 0 aliphatic rings. The summed E-state index contributed by atoms with van der Waals surface area (Å²) in [5, 5.41) is 9.46. The molecule has 7 heteroatoms. The van der Waals surface area contributed by atoms with Crippen molar-refractivity contribution in [2.45, 2.75) is 0 Å². The molecule has 0 bridgehead atoms. The molecule has 0 saturated carbocycles. The Bertz CT molecular complexity index is 419. The molecule has 0 fully saturated rings. The van der Waals surface area contributed by atoms with E-state index in [2.05, 4.69) is 0 Å². The zero-order valence-corrected chi connectivity index (χ0v) is 8.73. The summed E-state index contributed by atoms with van der Waals surface area (Å²) in [6.07, 6.45) is 0. The second kappa shape index (κ2) is 4.13. The van der Waals surface area contributed by atoms with Gasteiger partial charge in [0.1, 0.15) is 5.56 Å². The van der Waals surface area contributed by atoms with Crippen LogP contribution in [0, 0.1) is 10.1 Å². The number of carbonyl (C=O) groups is 1. The Hall–Kier alpha value is -0.840. The van der Waals surface area contributed by atoms with E-state index in [1.165, 1.54) is 6.07 Å². The maximum atomic E-state index is 10.8. The van der Waals surface area contributed by atoms with Gasteiger partial charge in [-0.15, -0.1) is 0 Å². The molecule has 1 rings (SSSR count). The number of halogens is 3. The van der Waals surface area contributed by atoms with Crippen molar-refractivity contribution in [2.24, 2.45) is 0 Å². The predicted octanol–water partition coefficient (Wildman–Crippen LogP) is 3.28. The lowest BCUT2D eigenvalue weighted by molar-refractivity contribution is -0.385. The fourth-order valence-corrected chi connectivity index (χ4v) is 1.71. The normalized spacial score (nSPS) is 9.93. The molecule has 0 spiro atoms. The second-order valence-corrected chi connectivity index (χ2v) is 3.50. The van der Waals surface area contributed by atoms with Crippen molar-refractivity contribution >= 4 is 45.7 Å². The van der Waals surface area contributed by atoms with Gasteiger partial charge in [0.2, 0.25) is 0 Å². The predicted molar refractivity (Wildman–Crippen MR) is 53.3 cm³/mol. The summed E-state index contributed by atoms with van der Waals surface area (Å²) in [7, 11) is 0. The van der Waals surface area contributed by atoms with Gasteiger partial charge in [0, 0.05) is 11.1 Å². The summed E-state index contributed by atoms with van der Waals surface area (Å²) in [6, 6.07) is 2.23. The Morgan fingerprint density at radius 2 is 1.93 bits per heavy atom. The molecule has 14 heavy (non-hydrogen) atoms. The lowest BCUT2D eigenvalue weighted by Gasteiger charge is -2.00. The third kappa shape index (κ3) is 2.15. The summed E-state index contributed by atoms with van der Waals surface area (Å²) >= 11 is 16.2. The van der Waals surface area contributed by atoms with E-state index < -0.39 is 15.9 Å². The fourth-order valence-electron chi connectivity index (χ4n) is 0.899. The number of nitrogens with zero attached hydrogens (tertiary/aromatic N) is 1. The molecule has 0 N–H and O–H groups in total. The van der Waals surface area contributed by atoms with Crippen LogP contribution in [0.15, 0.2) is 12.1 Å². The van der Waals surface area contributed by atoms with Crippen LogP contribution < -0.4 is 0 Å². The molecule has 0 radical (unpaired) electrons. The van der Waals surface area contributed by atoms with Gasteiger partial charge in [-0.3, -0.25) is 14.9 Å². The van der Waals surface area contributed by atoms with Crippen LogP contribution in [0.3, 0.4) is 0 Å².